The van der Waals surface area contributed by atoms with Crippen LogP contribution in [0.25, 0.3) is 0 Å². The number of ether oxygens (including phenoxy) is 1. The zero-order chi connectivity index (χ0) is 20.1. The molecular formula is C21H24N3O4+. The van der Waals surface area contributed by atoms with Gasteiger partial charge in [0.25, 0.3) is 5.91 Å². The normalized spacial score (nSPS) is 17.9. The van der Waals surface area contributed by atoms with Gasteiger partial charge in [-0.2, -0.15) is 0 Å². The van der Waals surface area contributed by atoms with Crippen molar-refractivity contribution in [1.29, 1.82) is 0 Å². The van der Waals surface area contributed by atoms with Crippen molar-refractivity contribution in [2.75, 3.05) is 24.3 Å². The van der Waals surface area contributed by atoms with Crippen LogP contribution in [0, 0.1) is 0 Å². The lowest BCUT2D eigenvalue weighted by Gasteiger charge is -2.31. The minimum atomic E-state index is -0.409. The van der Waals surface area contributed by atoms with Crippen LogP contribution in [-0.2, 0) is 32.1 Å². The van der Waals surface area contributed by atoms with Crippen molar-refractivity contribution in [1.82, 2.24) is 0 Å². The Hall–Kier alpha value is -3.19. The van der Waals surface area contributed by atoms with Gasteiger partial charge in [-0.3, -0.25) is 9.59 Å². The molecule has 7 nitrogen and oxygen atoms in total. The topological polar surface area (TPSA) is 88.9 Å². The lowest BCUT2D eigenvalue weighted by molar-refractivity contribution is -0.924. The first-order valence-corrected chi connectivity index (χ1v) is 9.13. The summed E-state index contributed by atoms with van der Waals surface area (Å²) in [5.74, 6) is -0.646. The number of nitrogens with one attached hydrogen (secondary N) is 3. The highest BCUT2D eigenvalue weighted by Crippen LogP contribution is 2.15. The Bertz CT molecular complexity index is 879. The highest BCUT2D eigenvalue weighted by atomic mass is 16.5. The molecule has 0 aromatic heterocycles. The van der Waals surface area contributed by atoms with Crippen LogP contribution >= 0.6 is 0 Å². The molecule has 28 heavy (non-hydrogen) atoms. The highest BCUT2D eigenvalue weighted by Gasteiger charge is 2.37. The van der Waals surface area contributed by atoms with Gasteiger partial charge in [0.1, 0.15) is 6.54 Å². The van der Waals surface area contributed by atoms with E-state index in [9.17, 15) is 14.4 Å². The maximum Gasteiger partial charge on any atom is 0.365 e. The van der Waals surface area contributed by atoms with Crippen molar-refractivity contribution in [3.8, 4) is 0 Å². The number of amides is 2. The zero-order valence-electron chi connectivity index (χ0n) is 16.0. The van der Waals surface area contributed by atoms with Crippen molar-refractivity contribution in [3.05, 3.63) is 59.7 Å². The van der Waals surface area contributed by atoms with Gasteiger partial charge in [0, 0.05) is 30.3 Å². The van der Waals surface area contributed by atoms with Gasteiger partial charge in [-0.1, -0.05) is 24.3 Å². The summed E-state index contributed by atoms with van der Waals surface area (Å²) in [6.07, 6.45) is 0.552. The summed E-state index contributed by atoms with van der Waals surface area (Å²) >= 11 is 0. The fourth-order valence-electron chi connectivity index (χ4n) is 3.49. The molecule has 7 heteroatoms. The Morgan fingerprint density at radius 2 is 1.61 bits per heavy atom. The molecule has 2 aromatic rings. The lowest BCUT2D eigenvalue weighted by Crippen LogP contribution is -3.17. The monoisotopic (exact) mass is 382 g/mol. The SMILES string of the molecule is COC(=O)[C@@H]1Cc2ccccc2C[NH+]1CC(=O)Nc1ccc(NC(C)=O)cc1. The van der Waals surface area contributed by atoms with Crippen molar-refractivity contribution in [2.24, 2.45) is 0 Å². The van der Waals surface area contributed by atoms with E-state index in [1.54, 1.807) is 24.3 Å². The third-order valence-corrected chi connectivity index (χ3v) is 4.82. The van der Waals surface area contributed by atoms with E-state index < -0.39 is 6.04 Å². The number of anilines is 2. The molecular weight excluding hydrogens is 358 g/mol. The quantitative estimate of drug-likeness (QED) is 0.667. The van der Waals surface area contributed by atoms with Gasteiger partial charge in [-0.05, 0) is 29.8 Å². The van der Waals surface area contributed by atoms with E-state index in [2.05, 4.69) is 10.6 Å². The second kappa shape index (κ2) is 8.67. The van der Waals surface area contributed by atoms with Crippen LogP contribution in [0.1, 0.15) is 18.1 Å². The molecule has 0 radical (unpaired) electrons. The van der Waals surface area contributed by atoms with Crippen LogP contribution in [0.2, 0.25) is 0 Å². The summed E-state index contributed by atoms with van der Waals surface area (Å²) in [6, 6.07) is 14.4. The largest absolute Gasteiger partial charge is 0.465 e. The standard InChI is InChI=1S/C21H23N3O4/c1-14(25)22-17-7-9-18(10-8-17)23-20(26)13-24-12-16-6-4-3-5-15(16)11-19(24)21(27)28-2/h3-10,19H,11-13H2,1-2H3,(H,22,25)(H,23,26)/p+1/t19-/m0/s1. The number of carbonyl (C=O) groups is 3. The van der Waals surface area contributed by atoms with Crippen molar-refractivity contribution in [3.63, 3.8) is 0 Å². The fraction of sp³-hybridized carbons (Fsp3) is 0.286. The maximum atomic E-state index is 12.6. The van der Waals surface area contributed by atoms with E-state index in [1.807, 2.05) is 24.3 Å². The third kappa shape index (κ3) is 4.75. The van der Waals surface area contributed by atoms with E-state index in [0.29, 0.717) is 24.3 Å². The second-order valence-electron chi connectivity index (χ2n) is 6.87. The van der Waals surface area contributed by atoms with E-state index in [0.717, 1.165) is 16.0 Å². The number of methoxy groups -OCH3 is 1. The predicted octanol–water partition coefficient (Wildman–Crippen LogP) is 0.766. The van der Waals surface area contributed by atoms with Crippen LogP contribution in [0.15, 0.2) is 48.5 Å². The number of carbonyl (C=O) groups excluding carboxylic acids is 3. The highest BCUT2D eigenvalue weighted by molar-refractivity contribution is 5.92. The van der Waals surface area contributed by atoms with E-state index in [1.165, 1.54) is 14.0 Å². The zero-order valence-corrected chi connectivity index (χ0v) is 16.0. The number of hydrogen-bond donors (Lipinski definition) is 3. The van der Waals surface area contributed by atoms with Crippen LogP contribution in [-0.4, -0.2) is 37.5 Å². The number of benzene rings is 2. The van der Waals surface area contributed by atoms with Crippen LogP contribution in [0.5, 0.6) is 0 Å². The average molecular weight is 382 g/mol. The molecule has 0 saturated carbocycles. The maximum absolute atomic E-state index is 12.6. The Labute approximate surface area is 163 Å². The molecule has 0 fully saturated rings. The Balaban J connectivity index is 1.67. The summed E-state index contributed by atoms with van der Waals surface area (Å²) < 4.78 is 4.95. The predicted molar refractivity (Wildman–Crippen MR) is 105 cm³/mol. The molecule has 146 valence electrons. The van der Waals surface area contributed by atoms with Crippen LogP contribution in [0.4, 0.5) is 11.4 Å². The van der Waals surface area contributed by atoms with Crippen LogP contribution < -0.4 is 15.5 Å². The molecule has 1 heterocycles. The minimum Gasteiger partial charge on any atom is -0.465 e. The van der Waals surface area contributed by atoms with Gasteiger partial charge in [0.2, 0.25) is 5.91 Å². The fourth-order valence-corrected chi connectivity index (χ4v) is 3.49. The summed E-state index contributed by atoms with van der Waals surface area (Å²) in [7, 11) is 1.37. The van der Waals surface area contributed by atoms with Gasteiger partial charge in [-0.25, -0.2) is 4.79 Å². The molecule has 3 N–H and O–H groups in total. The molecule has 0 bridgehead atoms. The Morgan fingerprint density at radius 1 is 1.00 bits per heavy atom. The molecule has 1 aliphatic heterocycles. The molecule has 3 rings (SSSR count). The van der Waals surface area contributed by atoms with Gasteiger partial charge in [0.15, 0.2) is 12.6 Å². The first-order valence-electron chi connectivity index (χ1n) is 9.13. The molecule has 1 unspecified atom stereocenters. The Kier molecular flexibility index (Phi) is 6.06. The number of rotatable bonds is 5. The number of fused-ring (bicyclic) bond motifs is 1. The average Bonchev–Trinajstić information content (AvgIpc) is 2.68. The summed E-state index contributed by atoms with van der Waals surface area (Å²) in [6.45, 7) is 2.18. The molecule has 2 aromatic carbocycles. The first-order chi connectivity index (χ1) is 13.5. The smallest absolute Gasteiger partial charge is 0.365 e. The number of esters is 1. The third-order valence-electron chi connectivity index (χ3n) is 4.82. The van der Waals surface area contributed by atoms with E-state index in [-0.39, 0.29) is 24.3 Å². The van der Waals surface area contributed by atoms with Crippen LogP contribution in [0.3, 0.4) is 0 Å². The minimum absolute atomic E-state index is 0.153. The van der Waals surface area contributed by atoms with Gasteiger partial charge >= 0.3 is 5.97 Å². The van der Waals surface area contributed by atoms with E-state index in [4.69, 9.17) is 4.74 Å². The van der Waals surface area contributed by atoms with E-state index >= 15 is 0 Å². The van der Waals surface area contributed by atoms with Gasteiger partial charge < -0.3 is 20.3 Å². The van der Waals surface area contributed by atoms with Crippen molar-refractivity contribution in [2.45, 2.75) is 25.9 Å². The molecule has 1 aliphatic rings. The molecule has 0 spiro atoms. The summed E-state index contributed by atoms with van der Waals surface area (Å²) in [5.41, 5.74) is 3.56. The second-order valence-corrected chi connectivity index (χ2v) is 6.87. The number of quaternary nitrogens is 1. The van der Waals surface area contributed by atoms with Crippen molar-refractivity contribution >= 4 is 29.2 Å². The molecule has 0 aliphatic carbocycles. The molecule has 0 saturated heterocycles. The van der Waals surface area contributed by atoms with Crippen molar-refractivity contribution < 1.29 is 24.0 Å². The van der Waals surface area contributed by atoms with Gasteiger partial charge in [0.05, 0.1) is 7.11 Å². The summed E-state index contributed by atoms with van der Waals surface area (Å²) in [4.78, 5) is 36.7. The molecule has 2 atom stereocenters. The first kappa shape index (κ1) is 19.6. The lowest BCUT2D eigenvalue weighted by atomic mass is 9.94. The number of hydrogen-bond acceptors (Lipinski definition) is 4. The molecule has 2 amide bonds. The summed E-state index contributed by atoms with van der Waals surface area (Å²) in [5, 5.41) is 5.52. The van der Waals surface area contributed by atoms with Gasteiger partial charge in [-0.15, -0.1) is 0 Å². The Morgan fingerprint density at radius 3 is 2.21 bits per heavy atom.